The van der Waals surface area contributed by atoms with Gasteiger partial charge in [-0.15, -0.1) is 11.3 Å². The number of aryl methyl sites for hydroxylation is 1. The van der Waals surface area contributed by atoms with Crippen molar-refractivity contribution in [2.45, 2.75) is 19.3 Å². The summed E-state index contributed by atoms with van der Waals surface area (Å²) in [6.45, 7) is 4.50. The first kappa shape index (κ1) is 16.4. The predicted molar refractivity (Wildman–Crippen MR) is 89.5 cm³/mol. The molecule has 0 aliphatic heterocycles. The van der Waals surface area contributed by atoms with Crippen LogP contribution in [0.5, 0.6) is 0 Å². The van der Waals surface area contributed by atoms with Crippen LogP contribution in [0.25, 0.3) is 0 Å². The average Bonchev–Trinajstić information content (AvgIpc) is 2.87. The summed E-state index contributed by atoms with van der Waals surface area (Å²) in [5.74, 6) is 0.363. The number of thiazole rings is 1. The summed E-state index contributed by atoms with van der Waals surface area (Å²) in [5, 5.41) is 7.47. The van der Waals surface area contributed by atoms with Gasteiger partial charge in [0.05, 0.1) is 17.3 Å². The summed E-state index contributed by atoms with van der Waals surface area (Å²) in [6, 6.07) is 8.09. The lowest BCUT2D eigenvalue weighted by molar-refractivity contribution is 0.199. The quantitative estimate of drug-likeness (QED) is 0.752. The summed E-state index contributed by atoms with van der Waals surface area (Å²) in [4.78, 5) is 4.58. The van der Waals surface area contributed by atoms with Crippen LogP contribution in [0.15, 0.2) is 29.6 Å². The van der Waals surface area contributed by atoms with Crippen LogP contribution >= 0.6 is 22.9 Å². The van der Waals surface area contributed by atoms with E-state index < -0.39 is 0 Å². The zero-order valence-electron chi connectivity index (χ0n) is 12.4. The molecule has 1 atom stereocenters. The van der Waals surface area contributed by atoms with Gasteiger partial charge in [-0.25, -0.2) is 4.98 Å². The molecule has 0 aliphatic carbocycles. The summed E-state index contributed by atoms with van der Waals surface area (Å²) < 4.78 is 5.08. The second-order valence-corrected chi connectivity index (χ2v) is 6.51. The van der Waals surface area contributed by atoms with Crippen LogP contribution in [0, 0.1) is 6.92 Å². The fourth-order valence-corrected chi connectivity index (χ4v) is 3.10. The second-order valence-electron chi connectivity index (χ2n) is 5.01. The van der Waals surface area contributed by atoms with Gasteiger partial charge in [-0.3, -0.25) is 0 Å². The third kappa shape index (κ3) is 5.40. The zero-order chi connectivity index (χ0) is 15.1. The van der Waals surface area contributed by atoms with Gasteiger partial charge < -0.3 is 10.1 Å². The molecule has 0 aliphatic rings. The lowest BCUT2D eigenvalue weighted by Gasteiger charge is -2.17. The smallest absolute Gasteiger partial charge is 0.0897 e. The number of nitrogens with one attached hydrogen (secondary N) is 1. The van der Waals surface area contributed by atoms with Crippen LogP contribution in [0.3, 0.4) is 0 Å². The SMILES string of the molecule is COCCNCC(Cc1csc(C)n1)c1cccc(Cl)c1. The molecule has 0 saturated heterocycles. The van der Waals surface area contributed by atoms with Gasteiger partial charge in [-0.1, -0.05) is 23.7 Å². The van der Waals surface area contributed by atoms with Gasteiger partial charge >= 0.3 is 0 Å². The molecule has 0 spiro atoms. The van der Waals surface area contributed by atoms with E-state index in [0.717, 1.165) is 41.8 Å². The normalized spacial score (nSPS) is 12.5. The Kier molecular flexibility index (Phi) is 6.64. The standard InChI is InChI=1S/C16H21ClN2OS/c1-12-19-16(11-21-12)9-14(10-18-6-7-20-2)13-4-3-5-15(17)8-13/h3-5,8,11,14,18H,6-7,9-10H2,1-2H3. The van der Waals surface area contributed by atoms with Gasteiger partial charge in [0.2, 0.25) is 0 Å². The number of aromatic nitrogens is 1. The number of hydrogen-bond donors (Lipinski definition) is 1. The molecule has 0 radical (unpaired) electrons. The van der Waals surface area contributed by atoms with Crippen LogP contribution < -0.4 is 5.32 Å². The van der Waals surface area contributed by atoms with Crippen molar-refractivity contribution in [1.29, 1.82) is 0 Å². The van der Waals surface area contributed by atoms with E-state index in [1.807, 2.05) is 25.1 Å². The maximum Gasteiger partial charge on any atom is 0.0897 e. The van der Waals surface area contributed by atoms with E-state index in [1.54, 1.807) is 18.4 Å². The lowest BCUT2D eigenvalue weighted by Crippen LogP contribution is -2.26. The lowest BCUT2D eigenvalue weighted by atomic mass is 9.94. The Bertz CT molecular complexity index is 559. The van der Waals surface area contributed by atoms with Crippen molar-refractivity contribution in [3.05, 3.63) is 50.9 Å². The highest BCUT2D eigenvalue weighted by Gasteiger charge is 2.14. The number of hydrogen-bond acceptors (Lipinski definition) is 4. The number of ether oxygens (including phenoxy) is 1. The van der Waals surface area contributed by atoms with Crippen molar-refractivity contribution in [3.63, 3.8) is 0 Å². The molecule has 1 N–H and O–H groups in total. The molecule has 1 aromatic carbocycles. The van der Waals surface area contributed by atoms with Crippen molar-refractivity contribution in [2.75, 3.05) is 26.8 Å². The van der Waals surface area contributed by atoms with Crippen molar-refractivity contribution < 1.29 is 4.74 Å². The van der Waals surface area contributed by atoms with E-state index >= 15 is 0 Å². The molecule has 2 rings (SSSR count). The fraction of sp³-hybridized carbons (Fsp3) is 0.438. The van der Waals surface area contributed by atoms with Crippen LogP contribution in [-0.4, -0.2) is 31.8 Å². The van der Waals surface area contributed by atoms with Gasteiger partial charge in [0.15, 0.2) is 0 Å². The maximum absolute atomic E-state index is 6.13. The maximum atomic E-state index is 6.13. The molecule has 3 nitrogen and oxygen atoms in total. The number of halogens is 1. The molecule has 0 bridgehead atoms. The monoisotopic (exact) mass is 324 g/mol. The number of benzene rings is 1. The largest absolute Gasteiger partial charge is 0.383 e. The van der Waals surface area contributed by atoms with E-state index in [1.165, 1.54) is 5.56 Å². The molecule has 0 fully saturated rings. The van der Waals surface area contributed by atoms with E-state index in [0.29, 0.717) is 5.92 Å². The third-order valence-corrected chi connectivity index (χ3v) is 4.37. The number of nitrogens with zero attached hydrogens (tertiary/aromatic N) is 1. The van der Waals surface area contributed by atoms with Crippen molar-refractivity contribution in [1.82, 2.24) is 10.3 Å². The predicted octanol–water partition coefficient (Wildman–Crippen LogP) is 3.67. The molecular weight excluding hydrogens is 304 g/mol. The number of rotatable bonds is 8. The Balaban J connectivity index is 2.06. The first-order valence-corrected chi connectivity index (χ1v) is 8.31. The van der Waals surface area contributed by atoms with Crippen LogP contribution in [0.2, 0.25) is 5.02 Å². The Morgan fingerprint density at radius 2 is 2.29 bits per heavy atom. The van der Waals surface area contributed by atoms with Crippen LogP contribution in [0.4, 0.5) is 0 Å². The number of methoxy groups -OCH3 is 1. The summed E-state index contributed by atoms with van der Waals surface area (Å²) in [6.07, 6.45) is 0.921. The highest BCUT2D eigenvalue weighted by molar-refractivity contribution is 7.09. The van der Waals surface area contributed by atoms with Gasteiger partial charge in [0, 0.05) is 36.5 Å². The van der Waals surface area contributed by atoms with E-state index in [4.69, 9.17) is 16.3 Å². The van der Waals surface area contributed by atoms with Gasteiger partial charge in [0.25, 0.3) is 0 Å². The van der Waals surface area contributed by atoms with Gasteiger partial charge in [0.1, 0.15) is 0 Å². The van der Waals surface area contributed by atoms with Crippen molar-refractivity contribution >= 4 is 22.9 Å². The molecule has 5 heteroatoms. The topological polar surface area (TPSA) is 34.1 Å². The first-order valence-electron chi connectivity index (χ1n) is 7.05. The third-order valence-electron chi connectivity index (χ3n) is 3.32. The fourth-order valence-electron chi connectivity index (χ4n) is 2.27. The Morgan fingerprint density at radius 1 is 1.43 bits per heavy atom. The molecular formula is C16H21ClN2OS. The van der Waals surface area contributed by atoms with Crippen LogP contribution in [0.1, 0.15) is 22.2 Å². The Morgan fingerprint density at radius 3 is 2.95 bits per heavy atom. The van der Waals surface area contributed by atoms with E-state index in [-0.39, 0.29) is 0 Å². The van der Waals surface area contributed by atoms with E-state index in [9.17, 15) is 0 Å². The molecule has 2 aromatic rings. The molecule has 0 saturated carbocycles. The van der Waals surface area contributed by atoms with Crippen LogP contribution in [-0.2, 0) is 11.2 Å². The minimum Gasteiger partial charge on any atom is -0.383 e. The Labute approximate surface area is 135 Å². The molecule has 1 aromatic heterocycles. The summed E-state index contributed by atoms with van der Waals surface area (Å²) in [7, 11) is 1.72. The minimum absolute atomic E-state index is 0.363. The highest BCUT2D eigenvalue weighted by atomic mass is 35.5. The second kappa shape index (κ2) is 8.49. The molecule has 1 heterocycles. The van der Waals surface area contributed by atoms with Gasteiger partial charge in [-0.2, -0.15) is 0 Å². The van der Waals surface area contributed by atoms with Gasteiger partial charge in [-0.05, 0) is 31.0 Å². The first-order chi connectivity index (χ1) is 10.2. The molecule has 0 amide bonds. The minimum atomic E-state index is 0.363. The molecule has 21 heavy (non-hydrogen) atoms. The molecule has 114 valence electrons. The zero-order valence-corrected chi connectivity index (χ0v) is 14.0. The Hall–Kier alpha value is -0.940. The van der Waals surface area contributed by atoms with Crippen molar-refractivity contribution in [2.24, 2.45) is 0 Å². The summed E-state index contributed by atoms with van der Waals surface area (Å²) in [5.41, 5.74) is 2.40. The summed E-state index contributed by atoms with van der Waals surface area (Å²) >= 11 is 7.82. The van der Waals surface area contributed by atoms with Crippen molar-refractivity contribution in [3.8, 4) is 0 Å². The molecule has 1 unspecified atom stereocenters. The highest BCUT2D eigenvalue weighted by Crippen LogP contribution is 2.24. The van der Waals surface area contributed by atoms with E-state index in [2.05, 4.69) is 21.7 Å². The average molecular weight is 325 g/mol.